The van der Waals surface area contributed by atoms with Gasteiger partial charge in [-0.05, 0) is 38.1 Å². The van der Waals surface area contributed by atoms with E-state index >= 15 is 0 Å². The lowest BCUT2D eigenvalue weighted by Gasteiger charge is -2.07. The van der Waals surface area contributed by atoms with E-state index in [1.807, 2.05) is 26.0 Å². The average Bonchev–Trinajstić information content (AvgIpc) is 2.93. The fraction of sp³-hybridized carbons (Fsp3) is 0.294. The van der Waals surface area contributed by atoms with Crippen molar-refractivity contribution in [2.75, 3.05) is 14.2 Å². The summed E-state index contributed by atoms with van der Waals surface area (Å²) in [6, 6.07) is 5.46. The number of benzene rings is 1. The highest BCUT2D eigenvalue weighted by Crippen LogP contribution is 2.25. The summed E-state index contributed by atoms with van der Waals surface area (Å²) in [4.78, 5) is 12.3. The van der Waals surface area contributed by atoms with Gasteiger partial charge in [-0.3, -0.25) is 9.48 Å². The summed E-state index contributed by atoms with van der Waals surface area (Å²) >= 11 is 0. The van der Waals surface area contributed by atoms with Crippen molar-refractivity contribution in [1.82, 2.24) is 9.78 Å². The molecule has 0 radical (unpaired) electrons. The van der Waals surface area contributed by atoms with E-state index < -0.39 is 0 Å². The molecule has 116 valence electrons. The maximum absolute atomic E-state index is 12.3. The summed E-state index contributed by atoms with van der Waals surface area (Å²) in [6.07, 6.45) is 5.05. The number of rotatable bonds is 6. The topological polar surface area (TPSA) is 53.4 Å². The van der Waals surface area contributed by atoms with Crippen LogP contribution in [0.1, 0.15) is 28.5 Å². The minimum Gasteiger partial charge on any atom is -0.497 e. The Morgan fingerprint density at radius 3 is 2.68 bits per heavy atom. The van der Waals surface area contributed by atoms with Gasteiger partial charge in [-0.15, -0.1) is 0 Å². The second-order valence-corrected chi connectivity index (χ2v) is 4.79. The fourth-order valence-corrected chi connectivity index (χ4v) is 2.13. The first-order valence-corrected chi connectivity index (χ1v) is 7.07. The molecular weight excluding hydrogens is 280 g/mol. The molecule has 0 atom stereocenters. The van der Waals surface area contributed by atoms with Crippen LogP contribution in [0.15, 0.2) is 30.5 Å². The highest BCUT2D eigenvalue weighted by Gasteiger charge is 2.10. The Balaban J connectivity index is 2.24. The number of aryl methyl sites for hydroxylation is 2. The molecule has 2 rings (SSSR count). The van der Waals surface area contributed by atoms with E-state index in [0.29, 0.717) is 17.1 Å². The second-order valence-electron chi connectivity index (χ2n) is 4.79. The molecule has 5 heteroatoms. The smallest absolute Gasteiger partial charge is 0.189 e. The highest BCUT2D eigenvalue weighted by molar-refractivity contribution is 6.07. The first-order chi connectivity index (χ1) is 10.6. The maximum Gasteiger partial charge on any atom is 0.189 e. The predicted molar refractivity (Wildman–Crippen MR) is 85.5 cm³/mol. The van der Waals surface area contributed by atoms with Crippen molar-refractivity contribution in [3.63, 3.8) is 0 Å². The molecule has 0 aliphatic rings. The van der Waals surface area contributed by atoms with Crippen molar-refractivity contribution < 1.29 is 14.3 Å². The van der Waals surface area contributed by atoms with Crippen molar-refractivity contribution in [3.05, 3.63) is 47.3 Å². The number of ether oxygens (including phenoxy) is 2. The van der Waals surface area contributed by atoms with E-state index in [2.05, 4.69) is 5.10 Å². The molecule has 0 N–H and O–H groups in total. The molecule has 1 aromatic heterocycles. The van der Waals surface area contributed by atoms with Crippen LogP contribution in [-0.2, 0) is 6.54 Å². The van der Waals surface area contributed by atoms with Crippen LogP contribution in [0.4, 0.5) is 0 Å². The van der Waals surface area contributed by atoms with Gasteiger partial charge in [0.1, 0.15) is 11.5 Å². The molecule has 5 nitrogen and oxygen atoms in total. The number of aromatic nitrogens is 2. The van der Waals surface area contributed by atoms with Crippen LogP contribution in [0.25, 0.3) is 6.08 Å². The van der Waals surface area contributed by atoms with Crippen molar-refractivity contribution in [2.24, 2.45) is 0 Å². The van der Waals surface area contributed by atoms with Crippen LogP contribution >= 0.6 is 0 Å². The molecule has 0 spiro atoms. The zero-order valence-electron chi connectivity index (χ0n) is 13.3. The van der Waals surface area contributed by atoms with Crippen LogP contribution in [0.3, 0.4) is 0 Å². The minimum atomic E-state index is -0.0740. The quantitative estimate of drug-likeness (QED) is 0.607. The Morgan fingerprint density at radius 2 is 2.09 bits per heavy atom. The molecule has 0 saturated carbocycles. The first-order valence-electron chi connectivity index (χ1n) is 7.07. The Hall–Kier alpha value is -2.56. The van der Waals surface area contributed by atoms with Crippen LogP contribution in [0, 0.1) is 6.92 Å². The molecule has 22 heavy (non-hydrogen) atoms. The van der Waals surface area contributed by atoms with E-state index in [1.165, 1.54) is 6.08 Å². The van der Waals surface area contributed by atoms with E-state index in [9.17, 15) is 4.79 Å². The van der Waals surface area contributed by atoms with Crippen LogP contribution in [0.5, 0.6) is 11.5 Å². The summed E-state index contributed by atoms with van der Waals surface area (Å²) in [5, 5.41) is 4.28. The lowest BCUT2D eigenvalue weighted by Crippen LogP contribution is -1.95. The molecule has 0 aliphatic carbocycles. The summed E-state index contributed by atoms with van der Waals surface area (Å²) in [7, 11) is 3.19. The molecule has 0 unspecified atom stereocenters. The first kappa shape index (κ1) is 15.8. The summed E-state index contributed by atoms with van der Waals surface area (Å²) in [5.41, 5.74) is 2.17. The van der Waals surface area contributed by atoms with Crippen LogP contribution in [0.2, 0.25) is 0 Å². The number of ketones is 1. The maximum atomic E-state index is 12.3. The number of nitrogens with zero attached hydrogens (tertiary/aromatic N) is 2. The standard InChI is InChI=1S/C17H20N2O3/c1-5-19-11-15(12(2)18-19)16(20)9-7-13-6-8-14(21-3)10-17(13)22-4/h6-11H,5H2,1-4H3/b9-7+. The number of carbonyl (C=O) groups is 1. The Morgan fingerprint density at radius 1 is 1.32 bits per heavy atom. The summed E-state index contributed by atoms with van der Waals surface area (Å²) in [5.74, 6) is 1.29. The Bertz CT molecular complexity index is 702. The number of hydrogen-bond acceptors (Lipinski definition) is 4. The summed E-state index contributed by atoms with van der Waals surface area (Å²) < 4.78 is 12.2. The van der Waals surface area contributed by atoms with Crippen molar-refractivity contribution in [2.45, 2.75) is 20.4 Å². The molecule has 0 bridgehead atoms. The predicted octanol–water partition coefficient (Wildman–Crippen LogP) is 3.12. The van der Waals surface area contributed by atoms with Crippen molar-refractivity contribution in [1.29, 1.82) is 0 Å². The average molecular weight is 300 g/mol. The van der Waals surface area contributed by atoms with Gasteiger partial charge < -0.3 is 9.47 Å². The normalized spacial score (nSPS) is 10.9. The van der Waals surface area contributed by atoms with E-state index in [-0.39, 0.29) is 5.78 Å². The van der Waals surface area contributed by atoms with Gasteiger partial charge in [0.15, 0.2) is 5.78 Å². The molecule has 0 fully saturated rings. The number of carbonyl (C=O) groups excluding carboxylic acids is 1. The Kier molecular flexibility index (Phi) is 4.99. The second kappa shape index (κ2) is 6.93. The van der Waals surface area contributed by atoms with Crippen LogP contribution in [-0.4, -0.2) is 29.8 Å². The monoisotopic (exact) mass is 300 g/mol. The minimum absolute atomic E-state index is 0.0740. The number of hydrogen-bond donors (Lipinski definition) is 0. The molecule has 2 aromatic rings. The van der Waals surface area contributed by atoms with Gasteiger partial charge in [-0.2, -0.15) is 5.10 Å². The van der Waals surface area contributed by atoms with E-state index in [0.717, 1.165) is 17.8 Å². The van der Waals surface area contributed by atoms with Gasteiger partial charge in [0.05, 0.1) is 25.5 Å². The number of allylic oxidation sites excluding steroid dienone is 1. The third-order valence-corrected chi connectivity index (χ3v) is 3.39. The van der Waals surface area contributed by atoms with Crippen molar-refractivity contribution >= 4 is 11.9 Å². The molecular formula is C17H20N2O3. The number of methoxy groups -OCH3 is 2. The largest absolute Gasteiger partial charge is 0.497 e. The molecule has 0 aliphatic heterocycles. The lowest BCUT2D eigenvalue weighted by molar-refractivity contribution is 0.104. The van der Waals surface area contributed by atoms with Gasteiger partial charge in [0.25, 0.3) is 0 Å². The van der Waals surface area contributed by atoms with Gasteiger partial charge in [-0.1, -0.05) is 0 Å². The van der Waals surface area contributed by atoms with Gasteiger partial charge >= 0.3 is 0 Å². The zero-order chi connectivity index (χ0) is 16.1. The summed E-state index contributed by atoms with van der Waals surface area (Å²) in [6.45, 7) is 4.56. The lowest BCUT2D eigenvalue weighted by atomic mass is 10.1. The third-order valence-electron chi connectivity index (χ3n) is 3.39. The van der Waals surface area contributed by atoms with Crippen LogP contribution < -0.4 is 9.47 Å². The van der Waals surface area contributed by atoms with E-state index in [1.54, 1.807) is 37.2 Å². The molecule has 1 heterocycles. The van der Waals surface area contributed by atoms with Gasteiger partial charge in [0, 0.05) is 24.4 Å². The highest BCUT2D eigenvalue weighted by atomic mass is 16.5. The molecule has 0 amide bonds. The SMILES string of the molecule is CCn1cc(C(=O)/C=C/c2ccc(OC)cc2OC)c(C)n1. The zero-order valence-corrected chi connectivity index (χ0v) is 13.3. The van der Waals surface area contributed by atoms with Crippen molar-refractivity contribution in [3.8, 4) is 11.5 Å². The Labute approximate surface area is 130 Å². The third kappa shape index (κ3) is 3.36. The molecule has 1 aromatic carbocycles. The fourth-order valence-electron chi connectivity index (χ4n) is 2.13. The molecule has 0 saturated heterocycles. The van der Waals surface area contributed by atoms with Gasteiger partial charge in [0.2, 0.25) is 0 Å². The van der Waals surface area contributed by atoms with Gasteiger partial charge in [-0.25, -0.2) is 0 Å². The van der Waals surface area contributed by atoms with E-state index in [4.69, 9.17) is 9.47 Å².